The first-order valence-corrected chi connectivity index (χ1v) is 7.61. The van der Waals surface area contributed by atoms with Gasteiger partial charge in [0.05, 0.1) is 0 Å². The number of aromatic hydroxyl groups is 1. The minimum atomic E-state index is 0.239. The smallest absolute Gasteiger partial charge is 0.137 e. The van der Waals surface area contributed by atoms with Gasteiger partial charge in [-0.2, -0.15) is 0 Å². The summed E-state index contributed by atoms with van der Waals surface area (Å²) in [4.78, 5) is 7.67. The molecule has 23 heavy (non-hydrogen) atoms. The van der Waals surface area contributed by atoms with Crippen molar-refractivity contribution in [3.05, 3.63) is 72.0 Å². The fourth-order valence-electron chi connectivity index (χ4n) is 2.75. The fourth-order valence-corrected chi connectivity index (χ4v) is 2.99. The number of nitrogens with one attached hydrogen (secondary N) is 1. The molecule has 0 bridgehead atoms. The molecule has 0 atom stereocenters. The second-order valence-electron chi connectivity index (χ2n) is 5.35. The number of benzene rings is 2. The zero-order valence-corrected chi connectivity index (χ0v) is 12.9. The molecule has 0 radical (unpaired) electrons. The number of aromatic amines is 1. The Morgan fingerprint density at radius 3 is 2.61 bits per heavy atom. The molecule has 4 rings (SSSR count). The molecule has 3 nitrogen and oxygen atoms in total. The Bertz CT molecular complexity index is 1010. The van der Waals surface area contributed by atoms with Crippen LogP contribution in [0.3, 0.4) is 0 Å². The van der Waals surface area contributed by atoms with Crippen molar-refractivity contribution in [2.75, 3.05) is 0 Å². The molecule has 0 saturated heterocycles. The summed E-state index contributed by atoms with van der Waals surface area (Å²) < 4.78 is 0. The van der Waals surface area contributed by atoms with E-state index in [0.717, 1.165) is 33.3 Å². The summed E-state index contributed by atoms with van der Waals surface area (Å²) in [6.07, 6.45) is 3.72. The SMILES string of the molecule is Oc1cccc(-c2cnc3[nH]cc(-c4ccccc4Cl)c3c2)c1. The predicted molar refractivity (Wildman–Crippen MR) is 93.6 cm³/mol. The zero-order chi connectivity index (χ0) is 15.8. The minimum Gasteiger partial charge on any atom is -0.508 e. The maximum Gasteiger partial charge on any atom is 0.137 e. The number of pyridine rings is 1. The quantitative estimate of drug-likeness (QED) is 0.529. The molecule has 0 spiro atoms. The Labute approximate surface area is 138 Å². The van der Waals surface area contributed by atoms with Crippen molar-refractivity contribution in [1.82, 2.24) is 9.97 Å². The Morgan fingerprint density at radius 2 is 1.78 bits per heavy atom. The van der Waals surface area contributed by atoms with E-state index in [1.165, 1.54) is 0 Å². The number of phenolic OH excluding ortho intramolecular Hbond substituents is 1. The van der Waals surface area contributed by atoms with Gasteiger partial charge in [-0.1, -0.05) is 41.9 Å². The van der Waals surface area contributed by atoms with Gasteiger partial charge in [0.2, 0.25) is 0 Å². The van der Waals surface area contributed by atoms with Crippen LogP contribution in [0.15, 0.2) is 67.0 Å². The molecule has 4 heteroatoms. The summed E-state index contributed by atoms with van der Waals surface area (Å²) in [5.74, 6) is 0.239. The summed E-state index contributed by atoms with van der Waals surface area (Å²) in [6, 6.07) is 17.0. The van der Waals surface area contributed by atoms with Gasteiger partial charge in [-0.3, -0.25) is 0 Å². The molecule has 2 N–H and O–H groups in total. The number of aromatic nitrogens is 2. The Morgan fingerprint density at radius 1 is 0.913 bits per heavy atom. The lowest BCUT2D eigenvalue weighted by Gasteiger charge is -2.05. The number of hydrogen-bond acceptors (Lipinski definition) is 2. The van der Waals surface area contributed by atoms with Crippen molar-refractivity contribution in [3.8, 4) is 28.0 Å². The highest BCUT2D eigenvalue weighted by molar-refractivity contribution is 6.33. The van der Waals surface area contributed by atoms with E-state index in [4.69, 9.17) is 11.6 Å². The van der Waals surface area contributed by atoms with Crippen molar-refractivity contribution < 1.29 is 5.11 Å². The lowest BCUT2D eigenvalue weighted by atomic mass is 10.0. The maximum absolute atomic E-state index is 9.67. The van der Waals surface area contributed by atoms with Gasteiger partial charge in [-0.25, -0.2) is 4.98 Å². The topological polar surface area (TPSA) is 48.9 Å². The van der Waals surface area contributed by atoms with Crippen molar-refractivity contribution in [2.24, 2.45) is 0 Å². The van der Waals surface area contributed by atoms with E-state index in [2.05, 4.69) is 16.0 Å². The summed E-state index contributed by atoms with van der Waals surface area (Å²) in [5, 5.41) is 11.4. The highest BCUT2D eigenvalue weighted by Crippen LogP contribution is 2.34. The Balaban J connectivity index is 1.92. The Hall–Kier alpha value is -2.78. The number of fused-ring (bicyclic) bond motifs is 1. The third-order valence-corrected chi connectivity index (χ3v) is 4.20. The molecule has 2 heterocycles. The number of rotatable bonds is 2. The van der Waals surface area contributed by atoms with E-state index in [1.54, 1.807) is 18.3 Å². The van der Waals surface area contributed by atoms with E-state index in [0.29, 0.717) is 5.02 Å². The highest BCUT2D eigenvalue weighted by atomic mass is 35.5. The van der Waals surface area contributed by atoms with Crippen molar-refractivity contribution in [1.29, 1.82) is 0 Å². The van der Waals surface area contributed by atoms with Crippen LogP contribution in [-0.2, 0) is 0 Å². The minimum absolute atomic E-state index is 0.239. The maximum atomic E-state index is 9.67. The van der Waals surface area contributed by atoms with E-state index >= 15 is 0 Å². The standard InChI is InChI=1S/C19H13ClN2O/c20-18-7-2-1-6-15(18)17-11-22-19-16(17)9-13(10-21-19)12-4-3-5-14(23)8-12/h1-11,23H,(H,21,22). The van der Waals surface area contributed by atoms with Crippen LogP contribution in [0.4, 0.5) is 0 Å². The molecule has 0 saturated carbocycles. The molecule has 2 aromatic heterocycles. The van der Waals surface area contributed by atoms with Crippen LogP contribution in [0.5, 0.6) is 5.75 Å². The second kappa shape index (κ2) is 5.45. The lowest BCUT2D eigenvalue weighted by molar-refractivity contribution is 0.475. The van der Waals surface area contributed by atoms with Gasteiger partial charge < -0.3 is 10.1 Å². The first kappa shape index (κ1) is 13.9. The molecule has 0 aliphatic carbocycles. The second-order valence-corrected chi connectivity index (χ2v) is 5.76. The first-order chi connectivity index (χ1) is 11.2. The van der Waals surface area contributed by atoms with Crippen LogP contribution in [0.25, 0.3) is 33.3 Å². The van der Waals surface area contributed by atoms with Crippen molar-refractivity contribution in [3.63, 3.8) is 0 Å². The van der Waals surface area contributed by atoms with Gasteiger partial charge in [-0.05, 0) is 29.8 Å². The van der Waals surface area contributed by atoms with E-state index < -0.39 is 0 Å². The van der Waals surface area contributed by atoms with Gasteiger partial charge >= 0.3 is 0 Å². The van der Waals surface area contributed by atoms with Gasteiger partial charge in [0.1, 0.15) is 11.4 Å². The largest absolute Gasteiger partial charge is 0.508 e. The molecule has 4 aromatic rings. The molecule has 0 aliphatic heterocycles. The van der Waals surface area contributed by atoms with Crippen molar-refractivity contribution in [2.45, 2.75) is 0 Å². The summed E-state index contributed by atoms with van der Waals surface area (Å²) in [6.45, 7) is 0. The fraction of sp³-hybridized carbons (Fsp3) is 0. The molecule has 0 fully saturated rings. The van der Waals surface area contributed by atoms with E-state index in [-0.39, 0.29) is 5.75 Å². The summed E-state index contributed by atoms with van der Waals surface area (Å²) >= 11 is 6.33. The van der Waals surface area contributed by atoms with Crippen LogP contribution in [-0.4, -0.2) is 15.1 Å². The number of H-pyrrole nitrogens is 1. The van der Waals surface area contributed by atoms with Gasteiger partial charge in [0.15, 0.2) is 0 Å². The molecule has 0 amide bonds. The summed E-state index contributed by atoms with van der Waals surface area (Å²) in [7, 11) is 0. The van der Waals surface area contributed by atoms with Crippen molar-refractivity contribution >= 4 is 22.6 Å². The van der Waals surface area contributed by atoms with E-state index in [9.17, 15) is 5.11 Å². The predicted octanol–water partition coefficient (Wildman–Crippen LogP) is 5.26. The number of nitrogens with zero attached hydrogens (tertiary/aromatic N) is 1. The van der Waals surface area contributed by atoms with Gasteiger partial charge in [-0.15, -0.1) is 0 Å². The number of hydrogen-bond donors (Lipinski definition) is 2. The normalized spacial score (nSPS) is 11.0. The first-order valence-electron chi connectivity index (χ1n) is 7.24. The monoisotopic (exact) mass is 320 g/mol. The highest BCUT2D eigenvalue weighted by Gasteiger charge is 2.11. The van der Waals surface area contributed by atoms with E-state index in [1.807, 2.05) is 42.6 Å². The average molecular weight is 321 g/mol. The lowest BCUT2D eigenvalue weighted by Crippen LogP contribution is -1.83. The van der Waals surface area contributed by atoms with Crippen LogP contribution < -0.4 is 0 Å². The average Bonchev–Trinajstić information content (AvgIpc) is 2.98. The van der Waals surface area contributed by atoms with Gasteiger partial charge in [0, 0.05) is 39.5 Å². The van der Waals surface area contributed by atoms with Crippen LogP contribution in [0, 0.1) is 0 Å². The molecular formula is C19H13ClN2O. The number of phenols is 1. The molecule has 0 unspecified atom stereocenters. The third kappa shape index (κ3) is 2.45. The molecular weight excluding hydrogens is 308 g/mol. The number of halogens is 1. The van der Waals surface area contributed by atoms with Gasteiger partial charge in [0.25, 0.3) is 0 Å². The van der Waals surface area contributed by atoms with Crippen LogP contribution in [0.2, 0.25) is 5.02 Å². The molecule has 2 aromatic carbocycles. The molecule has 112 valence electrons. The molecule has 0 aliphatic rings. The Kier molecular flexibility index (Phi) is 3.28. The third-order valence-electron chi connectivity index (χ3n) is 3.87. The van der Waals surface area contributed by atoms with Crippen LogP contribution in [0.1, 0.15) is 0 Å². The zero-order valence-electron chi connectivity index (χ0n) is 12.1. The van der Waals surface area contributed by atoms with Crippen LogP contribution >= 0.6 is 11.6 Å². The summed E-state index contributed by atoms with van der Waals surface area (Å²) in [5.41, 5.74) is 4.66.